The van der Waals surface area contributed by atoms with Crippen LogP contribution in [0.4, 0.5) is 5.69 Å². The molecule has 0 aliphatic rings. The van der Waals surface area contributed by atoms with E-state index in [0.717, 1.165) is 14.3 Å². The van der Waals surface area contributed by atoms with Gasteiger partial charge in [0.1, 0.15) is 12.6 Å². The summed E-state index contributed by atoms with van der Waals surface area (Å²) in [6, 6.07) is 19.0. The largest absolute Gasteiger partial charge is 0.493 e. The van der Waals surface area contributed by atoms with Crippen LogP contribution >= 0.6 is 15.9 Å². The maximum absolute atomic E-state index is 14.0. The first-order chi connectivity index (χ1) is 19.0. The number of hydrogen-bond donors (Lipinski definition) is 1. The Bertz CT molecular complexity index is 1420. The fraction of sp³-hybridized carbons (Fsp3) is 0.310. The fourth-order valence-electron chi connectivity index (χ4n) is 4.00. The summed E-state index contributed by atoms with van der Waals surface area (Å²) in [7, 11) is -1.37. The minimum absolute atomic E-state index is 0.0770. The summed E-state index contributed by atoms with van der Waals surface area (Å²) in [5.41, 5.74) is 1.09. The van der Waals surface area contributed by atoms with E-state index < -0.39 is 28.5 Å². The molecule has 0 saturated carbocycles. The van der Waals surface area contributed by atoms with Crippen molar-refractivity contribution in [3.63, 3.8) is 0 Å². The summed E-state index contributed by atoms with van der Waals surface area (Å²) in [5.74, 6) is -0.273. The van der Waals surface area contributed by atoms with Crippen LogP contribution in [0.2, 0.25) is 0 Å². The second-order valence-corrected chi connectivity index (χ2v) is 12.1. The molecule has 0 heterocycles. The summed E-state index contributed by atoms with van der Waals surface area (Å²) in [5, 5.41) is 2.84. The van der Waals surface area contributed by atoms with Crippen LogP contribution in [-0.2, 0) is 26.2 Å². The number of halogens is 1. The molecule has 0 aromatic heterocycles. The molecule has 1 unspecified atom stereocenters. The Morgan fingerprint density at radius 1 is 0.900 bits per heavy atom. The van der Waals surface area contributed by atoms with Gasteiger partial charge in [0.2, 0.25) is 11.8 Å². The van der Waals surface area contributed by atoms with Crippen molar-refractivity contribution in [1.29, 1.82) is 0 Å². The predicted molar refractivity (Wildman–Crippen MR) is 158 cm³/mol. The van der Waals surface area contributed by atoms with Gasteiger partial charge in [-0.1, -0.05) is 46.3 Å². The molecule has 1 atom stereocenters. The van der Waals surface area contributed by atoms with Crippen molar-refractivity contribution in [3.05, 3.63) is 82.8 Å². The third-order valence-electron chi connectivity index (χ3n) is 6.13. The van der Waals surface area contributed by atoms with E-state index in [1.54, 1.807) is 37.3 Å². The first-order valence-electron chi connectivity index (χ1n) is 12.6. The molecule has 2 amide bonds. The number of amides is 2. The first-order valence-corrected chi connectivity index (χ1v) is 14.8. The highest BCUT2D eigenvalue weighted by Gasteiger charge is 2.33. The molecule has 3 rings (SSSR count). The van der Waals surface area contributed by atoms with E-state index in [2.05, 4.69) is 21.2 Å². The maximum atomic E-state index is 14.0. The molecule has 0 bridgehead atoms. The van der Waals surface area contributed by atoms with E-state index in [1.165, 1.54) is 37.3 Å². The summed E-state index contributed by atoms with van der Waals surface area (Å²) in [4.78, 5) is 28.2. The fourth-order valence-corrected chi connectivity index (χ4v) is 5.70. The third kappa shape index (κ3) is 7.54. The molecule has 1 N–H and O–H groups in total. The number of methoxy groups -OCH3 is 2. The number of para-hydroxylation sites is 1. The van der Waals surface area contributed by atoms with E-state index in [4.69, 9.17) is 9.47 Å². The molecule has 9 nitrogen and oxygen atoms in total. The van der Waals surface area contributed by atoms with E-state index in [0.29, 0.717) is 11.4 Å². The van der Waals surface area contributed by atoms with Crippen LogP contribution < -0.4 is 19.1 Å². The number of hydrogen-bond acceptors (Lipinski definition) is 6. The van der Waals surface area contributed by atoms with Gasteiger partial charge in [0, 0.05) is 23.1 Å². The number of nitrogens with zero attached hydrogens (tertiary/aromatic N) is 2. The van der Waals surface area contributed by atoms with Gasteiger partial charge in [0.05, 0.1) is 24.8 Å². The molecule has 40 heavy (non-hydrogen) atoms. The van der Waals surface area contributed by atoms with Crippen LogP contribution in [0.5, 0.6) is 11.5 Å². The predicted octanol–water partition coefficient (Wildman–Crippen LogP) is 4.60. The number of carbonyl (C=O) groups excluding carboxylic acids is 2. The van der Waals surface area contributed by atoms with Crippen molar-refractivity contribution in [2.24, 2.45) is 0 Å². The van der Waals surface area contributed by atoms with E-state index in [-0.39, 0.29) is 29.1 Å². The van der Waals surface area contributed by atoms with Gasteiger partial charge in [-0.25, -0.2) is 8.42 Å². The molecule has 0 radical (unpaired) electrons. The van der Waals surface area contributed by atoms with Gasteiger partial charge in [-0.2, -0.15) is 0 Å². The standard InChI is InChI=1S/C29H34BrN3O6S/c1-20(2)31-29(35)21(3)32(18-22-11-13-23(30)14-12-22)28(34)19-33(24-9-7-6-8-10-24)40(36,37)25-15-16-26(38-4)27(17-25)39-5/h6-17,20-21H,18-19H2,1-5H3,(H,31,35). The van der Waals surface area contributed by atoms with Gasteiger partial charge in [-0.3, -0.25) is 13.9 Å². The number of rotatable bonds is 12. The molecule has 11 heteroatoms. The number of ether oxygens (including phenoxy) is 2. The smallest absolute Gasteiger partial charge is 0.264 e. The molecule has 214 valence electrons. The van der Waals surface area contributed by atoms with Crippen LogP contribution in [0.1, 0.15) is 26.3 Å². The normalized spacial score (nSPS) is 12.0. The van der Waals surface area contributed by atoms with E-state index >= 15 is 0 Å². The lowest BCUT2D eigenvalue weighted by molar-refractivity contribution is -0.139. The number of benzene rings is 3. The Labute approximate surface area is 244 Å². The third-order valence-corrected chi connectivity index (χ3v) is 8.43. The lowest BCUT2D eigenvalue weighted by Crippen LogP contribution is -2.52. The van der Waals surface area contributed by atoms with Crippen LogP contribution in [0.15, 0.2) is 82.2 Å². The van der Waals surface area contributed by atoms with Gasteiger partial charge in [0.25, 0.3) is 10.0 Å². The molecule has 3 aromatic rings. The quantitative estimate of drug-likeness (QED) is 0.313. The second-order valence-electron chi connectivity index (χ2n) is 9.35. The second kappa shape index (κ2) is 13.7. The molecular formula is C29H34BrN3O6S. The number of carbonyl (C=O) groups is 2. The average molecular weight is 633 g/mol. The zero-order chi connectivity index (χ0) is 29.4. The Morgan fingerprint density at radius 2 is 1.52 bits per heavy atom. The molecule has 0 spiro atoms. The monoisotopic (exact) mass is 631 g/mol. The minimum Gasteiger partial charge on any atom is -0.493 e. The van der Waals surface area contributed by atoms with Crippen LogP contribution in [0, 0.1) is 0 Å². The van der Waals surface area contributed by atoms with Crippen molar-refractivity contribution >= 4 is 43.5 Å². The van der Waals surface area contributed by atoms with Gasteiger partial charge >= 0.3 is 0 Å². The molecule has 0 fully saturated rings. The lowest BCUT2D eigenvalue weighted by atomic mass is 10.1. The van der Waals surface area contributed by atoms with Crippen molar-refractivity contribution in [2.45, 2.75) is 44.3 Å². The molecule has 0 saturated heterocycles. The first kappa shape index (κ1) is 31.0. The Morgan fingerprint density at radius 3 is 2.10 bits per heavy atom. The van der Waals surface area contributed by atoms with Crippen molar-refractivity contribution in [2.75, 3.05) is 25.1 Å². The molecule has 3 aromatic carbocycles. The summed E-state index contributed by atoms with van der Waals surface area (Å²) in [6.45, 7) is 4.87. The maximum Gasteiger partial charge on any atom is 0.264 e. The van der Waals surface area contributed by atoms with Crippen LogP contribution in [0.3, 0.4) is 0 Å². The highest BCUT2D eigenvalue weighted by atomic mass is 79.9. The van der Waals surface area contributed by atoms with Crippen molar-refractivity contribution < 1.29 is 27.5 Å². The van der Waals surface area contributed by atoms with E-state index in [1.807, 2.05) is 38.1 Å². The topological polar surface area (TPSA) is 105 Å². The number of nitrogens with one attached hydrogen (secondary N) is 1. The van der Waals surface area contributed by atoms with Crippen molar-refractivity contribution in [1.82, 2.24) is 10.2 Å². The zero-order valence-electron chi connectivity index (χ0n) is 23.1. The molecule has 0 aliphatic carbocycles. The zero-order valence-corrected chi connectivity index (χ0v) is 25.5. The summed E-state index contributed by atoms with van der Waals surface area (Å²) in [6.07, 6.45) is 0. The Kier molecular flexibility index (Phi) is 10.6. The van der Waals surface area contributed by atoms with Crippen LogP contribution in [-0.4, -0.2) is 58.0 Å². The summed E-state index contributed by atoms with van der Waals surface area (Å²) < 4.78 is 40.4. The summed E-state index contributed by atoms with van der Waals surface area (Å²) >= 11 is 3.41. The van der Waals surface area contributed by atoms with Gasteiger partial charge < -0.3 is 19.7 Å². The van der Waals surface area contributed by atoms with Gasteiger partial charge in [-0.15, -0.1) is 0 Å². The SMILES string of the molecule is COc1ccc(S(=O)(=O)N(CC(=O)N(Cc2ccc(Br)cc2)C(C)C(=O)NC(C)C)c2ccccc2)cc1OC. The Hall–Kier alpha value is -3.57. The average Bonchev–Trinajstić information content (AvgIpc) is 2.94. The number of anilines is 1. The lowest BCUT2D eigenvalue weighted by Gasteiger charge is -2.32. The highest BCUT2D eigenvalue weighted by molar-refractivity contribution is 9.10. The molecular weight excluding hydrogens is 598 g/mol. The molecule has 0 aliphatic heterocycles. The van der Waals surface area contributed by atoms with Crippen molar-refractivity contribution in [3.8, 4) is 11.5 Å². The van der Waals surface area contributed by atoms with Gasteiger partial charge in [-0.05, 0) is 62.7 Å². The van der Waals surface area contributed by atoms with Crippen LogP contribution in [0.25, 0.3) is 0 Å². The Balaban J connectivity index is 2.04. The highest BCUT2D eigenvalue weighted by Crippen LogP contribution is 2.32. The van der Waals surface area contributed by atoms with Gasteiger partial charge in [0.15, 0.2) is 11.5 Å². The minimum atomic E-state index is -4.24. The van der Waals surface area contributed by atoms with E-state index in [9.17, 15) is 18.0 Å². The number of sulfonamides is 1.